The SMILES string of the molecule is CCCC(CC(=O)O)NC(=O)c1occc1NC(=O)OCC1c2ccccc2-c2ccccc21. The number of benzene rings is 2. The summed E-state index contributed by atoms with van der Waals surface area (Å²) < 4.78 is 10.8. The van der Waals surface area contributed by atoms with E-state index in [4.69, 9.17) is 14.3 Å². The Balaban J connectivity index is 1.40. The summed E-state index contributed by atoms with van der Waals surface area (Å²) in [6, 6.07) is 17.0. The summed E-state index contributed by atoms with van der Waals surface area (Å²) in [5.74, 6) is -1.80. The first-order valence-electron chi connectivity index (χ1n) is 11.2. The van der Waals surface area contributed by atoms with Crippen LogP contribution < -0.4 is 10.6 Å². The molecule has 1 atom stereocenters. The maximum atomic E-state index is 12.6. The van der Waals surface area contributed by atoms with Crippen LogP contribution in [0.1, 0.15) is 53.8 Å². The second-order valence-corrected chi connectivity index (χ2v) is 8.17. The first kappa shape index (κ1) is 23.1. The molecule has 0 radical (unpaired) electrons. The number of rotatable bonds is 9. The molecule has 0 spiro atoms. The summed E-state index contributed by atoms with van der Waals surface area (Å²) in [6.45, 7) is 2.04. The van der Waals surface area contributed by atoms with Gasteiger partial charge in [-0.2, -0.15) is 0 Å². The van der Waals surface area contributed by atoms with E-state index >= 15 is 0 Å². The van der Waals surface area contributed by atoms with Gasteiger partial charge in [-0.05, 0) is 28.7 Å². The fourth-order valence-electron chi connectivity index (χ4n) is 4.36. The van der Waals surface area contributed by atoms with Crippen molar-refractivity contribution in [3.63, 3.8) is 0 Å². The zero-order valence-electron chi connectivity index (χ0n) is 18.7. The van der Waals surface area contributed by atoms with E-state index in [9.17, 15) is 14.4 Å². The van der Waals surface area contributed by atoms with Crippen LogP contribution in [0, 0.1) is 0 Å². The molecule has 1 unspecified atom stereocenters. The average molecular weight is 463 g/mol. The minimum atomic E-state index is -1.00. The molecule has 0 fully saturated rings. The van der Waals surface area contributed by atoms with Gasteiger partial charge in [0.15, 0.2) is 0 Å². The quantitative estimate of drug-likeness (QED) is 0.411. The van der Waals surface area contributed by atoms with Crippen LogP contribution in [0.5, 0.6) is 0 Å². The Morgan fingerprint density at radius 2 is 1.68 bits per heavy atom. The number of anilines is 1. The Morgan fingerprint density at radius 1 is 1.03 bits per heavy atom. The molecule has 0 saturated heterocycles. The van der Waals surface area contributed by atoms with Crippen LogP contribution in [0.2, 0.25) is 0 Å². The topological polar surface area (TPSA) is 118 Å². The van der Waals surface area contributed by atoms with Gasteiger partial charge in [0.1, 0.15) is 6.61 Å². The molecule has 8 heteroatoms. The predicted molar refractivity (Wildman–Crippen MR) is 126 cm³/mol. The van der Waals surface area contributed by atoms with E-state index in [2.05, 4.69) is 22.8 Å². The summed E-state index contributed by atoms with van der Waals surface area (Å²) >= 11 is 0. The van der Waals surface area contributed by atoms with Crippen LogP contribution in [0.4, 0.5) is 10.5 Å². The highest BCUT2D eigenvalue weighted by Gasteiger charge is 2.29. The van der Waals surface area contributed by atoms with E-state index in [1.807, 2.05) is 43.3 Å². The van der Waals surface area contributed by atoms with Gasteiger partial charge in [-0.15, -0.1) is 0 Å². The van der Waals surface area contributed by atoms with Crippen molar-refractivity contribution in [2.45, 2.75) is 38.1 Å². The summed E-state index contributed by atoms with van der Waals surface area (Å²) in [4.78, 5) is 36.2. The number of nitrogens with one attached hydrogen (secondary N) is 2. The van der Waals surface area contributed by atoms with Crippen molar-refractivity contribution in [1.29, 1.82) is 0 Å². The molecular weight excluding hydrogens is 436 g/mol. The summed E-state index contributed by atoms with van der Waals surface area (Å²) in [6.07, 6.45) is 1.58. The molecule has 1 heterocycles. The van der Waals surface area contributed by atoms with Gasteiger partial charge in [-0.1, -0.05) is 61.9 Å². The molecule has 4 rings (SSSR count). The Bertz CT molecular complexity index is 1160. The zero-order valence-corrected chi connectivity index (χ0v) is 18.7. The summed E-state index contributed by atoms with van der Waals surface area (Å²) in [7, 11) is 0. The molecule has 34 heavy (non-hydrogen) atoms. The van der Waals surface area contributed by atoms with Crippen molar-refractivity contribution in [2.75, 3.05) is 11.9 Å². The van der Waals surface area contributed by atoms with Crippen molar-refractivity contribution in [1.82, 2.24) is 5.32 Å². The number of fused-ring (bicyclic) bond motifs is 3. The third-order valence-electron chi connectivity index (χ3n) is 5.85. The monoisotopic (exact) mass is 462 g/mol. The van der Waals surface area contributed by atoms with Gasteiger partial charge in [-0.25, -0.2) is 4.79 Å². The van der Waals surface area contributed by atoms with Crippen molar-refractivity contribution < 1.29 is 28.6 Å². The maximum absolute atomic E-state index is 12.6. The van der Waals surface area contributed by atoms with Crippen LogP contribution in [0.25, 0.3) is 11.1 Å². The lowest BCUT2D eigenvalue weighted by Gasteiger charge is -2.16. The van der Waals surface area contributed by atoms with Crippen LogP contribution in [-0.2, 0) is 9.53 Å². The summed E-state index contributed by atoms with van der Waals surface area (Å²) in [5, 5.41) is 14.3. The van der Waals surface area contributed by atoms with Crippen molar-refractivity contribution in [3.05, 3.63) is 77.7 Å². The molecular formula is C26H26N2O6. The summed E-state index contributed by atoms with van der Waals surface area (Å²) in [5.41, 5.74) is 4.61. The second-order valence-electron chi connectivity index (χ2n) is 8.17. The van der Waals surface area contributed by atoms with Crippen molar-refractivity contribution in [3.8, 4) is 11.1 Å². The van der Waals surface area contributed by atoms with Crippen LogP contribution in [0.15, 0.2) is 65.3 Å². The van der Waals surface area contributed by atoms with Crippen LogP contribution in [-0.4, -0.2) is 35.7 Å². The molecule has 1 aromatic heterocycles. The molecule has 0 saturated carbocycles. The fraction of sp³-hybridized carbons (Fsp3) is 0.269. The molecule has 1 aliphatic rings. The number of carbonyl (C=O) groups is 3. The molecule has 176 valence electrons. The molecule has 0 bridgehead atoms. The van der Waals surface area contributed by atoms with Gasteiger partial charge in [0, 0.05) is 18.0 Å². The Hall–Kier alpha value is -4.07. The minimum Gasteiger partial charge on any atom is -0.481 e. The fourth-order valence-corrected chi connectivity index (χ4v) is 4.36. The van der Waals surface area contributed by atoms with Crippen LogP contribution in [0.3, 0.4) is 0 Å². The van der Waals surface area contributed by atoms with E-state index in [0.717, 1.165) is 22.3 Å². The number of hydrogen-bond acceptors (Lipinski definition) is 5. The maximum Gasteiger partial charge on any atom is 0.411 e. The van der Waals surface area contributed by atoms with Crippen LogP contribution >= 0.6 is 0 Å². The lowest BCUT2D eigenvalue weighted by molar-refractivity contribution is -0.137. The zero-order chi connectivity index (χ0) is 24.1. The standard InChI is InChI=1S/C26H26N2O6/c1-2-7-16(14-23(29)30)27-25(31)24-22(12-13-33-24)28-26(32)34-15-21-19-10-5-3-8-17(19)18-9-4-6-11-20(18)21/h3-6,8-13,16,21H,2,7,14-15H2,1H3,(H,27,31)(H,28,32)(H,29,30). The number of hydrogen-bond donors (Lipinski definition) is 3. The lowest BCUT2D eigenvalue weighted by Crippen LogP contribution is -2.36. The second kappa shape index (κ2) is 10.2. The van der Waals surface area contributed by atoms with Gasteiger partial charge in [0.05, 0.1) is 18.4 Å². The van der Waals surface area contributed by atoms with Gasteiger partial charge >= 0.3 is 12.1 Å². The number of ether oxygens (including phenoxy) is 1. The smallest absolute Gasteiger partial charge is 0.411 e. The van der Waals surface area contributed by atoms with E-state index in [1.54, 1.807) is 0 Å². The van der Waals surface area contributed by atoms with E-state index in [1.165, 1.54) is 12.3 Å². The highest BCUT2D eigenvalue weighted by Crippen LogP contribution is 2.44. The minimum absolute atomic E-state index is 0.0870. The molecule has 2 amide bonds. The molecule has 8 nitrogen and oxygen atoms in total. The number of aliphatic carboxylic acids is 1. The van der Waals surface area contributed by atoms with Gasteiger partial charge in [-0.3, -0.25) is 14.9 Å². The highest BCUT2D eigenvalue weighted by molar-refractivity contribution is 6.00. The molecule has 2 aromatic carbocycles. The highest BCUT2D eigenvalue weighted by atomic mass is 16.5. The van der Waals surface area contributed by atoms with E-state index in [-0.39, 0.29) is 30.4 Å². The lowest BCUT2D eigenvalue weighted by atomic mass is 9.98. The number of carboxylic acids is 1. The van der Waals surface area contributed by atoms with Crippen molar-refractivity contribution in [2.24, 2.45) is 0 Å². The average Bonchev–Trinajstić information content (AvgIpc) is 3.40. The third kappa shape index (κ3) is 4.96. The Morgan fingerprint density at radius 3 is 2.29 bits per heavy atom. The molecule has 1 aliphatic carbocycles. The van der Waals surface area contributed by atoms with Gasteiger partial charge in [0.25, 0.3) is 5.91 Å². The normalized spacial score (nSPS) is 13.0. The first-order valence-corrected chi connectivity index (χ1v) is 11.2. The van der Waals surface area contributed by atoms with Gasteiger partial charge < -0.3 is 19.6 Å². The largest absolute Gasteiger partial charge is 0.481 e. The predicted octanol–water partition coefficient (Wildman–Crippen LogP) is 5.01. The number of amides is 2. The third-order valence-corrected chi connectivity index (χ3v) is 5.85. The number of carbonyl (C=O) groups excluding carboxylic acids is 2. The van der Waals surface area contributed by atoms with Gasteiger partial charge in [0.2, 0.25) is 5.76 Å². The van der Waals surface area contributed by atoms with E-state index < -0.39 is 24.0 Å². The molecule has 3 N–H and O–H groups in total. The van der Waals surface area contributed by atoms with Crippen molar-refractivity contribution >= 4 is 23.7 Å². The Labute approximate surface area is 196 Å². The Kier molecular flexibility index (Phi) is 6.96. The number of carboxylic acid groups (broad SMARTS) is 1. The molecule has 0 aliphatic heterocycles. The number of furan rings is 1. The first-order chi connectivity index (χ1) is 16.5. The molecule has 3 aromatic rings. The van der Waals surface area contributed by atoms with E-state index in [0.29, 0.717) is 12.8 Å².